The largest absolute Gasteiger partial charge is 0.481 e. The molecule has 148 valence electrons. The third kappa shape index (κ3) is 11.3. The minimum atomic E-state index is -1.27. The van der Waals surface area contributed by atoms with Crippen LogP contribution in [0.15, 0.2) is 0 Å². The molecular formula is C17H27NO8. The first-order valence-electron chi connectivity index (χ1n) is 8.51. The van der Waals surface area contributed by atoms with Gasteiger partial charge in [0, 0.05) is 25.9 Å². The van der Waals surface area contributed by atoms with Gasteiger partial charge in [-0.05, 0) is 26.2 Å². The number of aliphatic carboxylic acids is 2. The Hall–Kier alpha value is -2.29. The van der Waals surface area contributed by atoms with E-state index in [2.05, 4.69) is 5.32 Å². The number of ether oxygens (including phenoxy) is 1. The second kappa shape index (κ2) is 13.0. The highest BCUT2D eigenvalue weighted by Gasteiger charge is 2.24. The van der Waals surface area contributed by atoms with Gasteiger partial charge < -0.3 is 25.1 Å². The van der Waals surface area contributed by atoms with Gasteiger partial charge in [0.15, 0.2) is 5.78 Å². The fourth-order valence-electron chi connectivity index (χ4n) is 2.15. The molecule has 26 heavy (non-hydrogen) atoms. The van der Waals surface area contributed by atoms with Crippen LogP contribution in [0.4, 0.5) is 0 Å². The van der Waals surface area contributed by atoms with Gasteiger partial charge in [0.1, 0.15) is 18.4 Å². The predicted octanol–water partition coefficient (Wildman–Crippen LogP) is 0.792. The molecule has 0 fully saturated rings. The monoisotopic (exact) mass is 373 g/mol. The molecule has 0 aromatic carbocycles. The lowest BCUT2D eigenvalue weighted by atomic mass is 9.97. The minimum absolute atomic E-state index is 0.0151. The van der Waals surface area contributed by atoms with Gasteiger partial charge in [0.2, 0.25) is 5.91 Å². The van der Waals surface area contributed by atoms with E-state index >= 15 is 0 Å². The van der Waals surface area contributed by atoms with E-state index in [1.807, 2.05) is 6.92 Å². The van der Waals surface area contributed by atoms with Crippen LogP contribution in [-0.4, -0.2) is 58.9 Å². The van der Waals surface area contributed by atoms with Crippen molar-refractivity contribution in [3.8, 4) is 0 Å². The number of hydrogen-bond donors (Lipinski definition) is 3. The molecule has 2 atom stereocenters. The van der Waals surface area contributed by atoms with Crippen LogP contribution < -0.4 is 5.32 Å². The number of nitrogens with one attached hydrogen (secondary N) is 1. The Labute approximate surface area is 152 Å². The van der Waals surface area contributed by atoms with Crippen LogP contribution in [0.2, 0.25) is 0 Å². The maximum absolute atomic E-state index is 11.9. The summed E-state index contributed by atoms with van der Waals surface area (Å²) in [5.41, 5.74) is 0. The summed E-state index contributed by atoms with van der Waals surface area (Å²) in [6.07, 6.45) is 0.139. The average molecular weight is 373 g/mol. The number of carboxylic acids is 2. The summed E-state index contributed by atoms with van der Waals surface area (Å²) in [5, 5.41) is 20.5. The fraction of sp³-hybridized carbons (Fsp3) is 0.706. The maximum Gasteiger partial charge on any atom is 0.326 e. The van der Waals surface area contributed by atoms with Crippen LogP contribution in [0.3, 0.4) is 0 Å². The molecule has 0 aliphatic rings. The fourth-order valence-corrected chi connectivity index (χ4v) is 2.15. The van der Waals surface area contributed by atoms with Crippen LogP contribution in [0.1, 0.15) is 52.4 Å². The molecule has 9 nitrogen and oxygen atoms in total. The molecule has 0 spiro atoms. The van der Waals surface area contributed by atoms with Crippen molar-refractivity contribution in [2.75, 3.05) is 13.2 Å². The molecular weight excluding hydrogens is 346 g/mol. The van der Waals surface area contributed by atoms with Gasteiger partial charge >= 0.3 is 11.9 Å². The second-order valence-electron chi connectivity index (χ2n) is 6.07. The van der Waals surface area contributed by atoms with Crippen molar-refractivity contribution in [3.63, 3.8) is 0 Å². The summed E-state index contributed by atoms with van der Waals surface area (Å²) in [6.45, 7) is 3.43. The Morgan fingerprint density at radius 3 is 2.15 bits per heavy atom. The molecule has 0 bridgehead atoms. The highest BCUT2D eigenvalue weighted by atomic mass is 16.5. The zero-order chi connectivity index (χ0) is 20.1. The highest BCUT2D eigenvalue weighted by molar-refractivity contribution is 5.86. The molecule has 0 aliphatic carbocycles. The summed E-state index contributed by atoms with van der Waals surface area (Å²) in [4.78, 5) is 56.8. The van der Waals surface area contributed by atoms with E-state index in [4.69, 9.17) is 14.9 Å². The Balaban J connectivity index is 4.46. The zero-order valence-electron chi connectivity index (χ0n) is 15.2. The van der Waals surface area contributed by atoms with Crippen LogP contribution in [-0.2, 0) is 28.7 Å². The molecule has 1 unspecified atom stereocenters. The molecule has 1 amide bonds. The summed E-state index contributed by atoms with van der Waals surface area (Å²) in [6, 6.07) is -1.21. The normalized spacial score (nSPS) is 12.8. The number of rotatable bonds is 15. The number of carbonyl (C=O) groups excluding carboxylic acids is 3. The SMILES string of the molecule is CCCOCC(=O)C[C@@H](CCC(=O)NC(CCC(C)=O)C(=O)O)C(=O)O. The molecule has 3 N–H and O–H groups in total. The van der Waals surface area contributed by atoms with Crippen molar-refractivity contribution < 1.29 is 38.9 Å². The Morgan fingerprint density at radius 2 is 1.65 bits per heavy atom. The standard InChI is InChI=1S/C17H27NO8/c1-3-8-26-10-13(20)9-12(16(22)23)5-7-15(21)18-14(17(24)25)6-4-11(2)19/h12,14H,3-10H2,1-2H3,(H,18,21)(H,22,23)(H,24,25)/t12-,14?/m1/s1. The predicted molar refractivity (Wildman–Crippen MR) is 90.6 cm³/mol. The summed E-state index contributed by atoms with van der Waals surface area (Å²) in [5.74, 6) is -4.71. The Bertz CT molecular complexity index is 517. The molecule has 0 radical (unpaired) electrons. The van der Waals surface area contributed by atoms with Crippen molar-refractivity contribution in [1.29, 1.82) is 0 Å². The summed E-state index contributed by atoms with van der Waals surface area (Å²) >= 11 is 0. The molecule has 0 saturated carbocycles. The van der Waals surface area contributed by atoms with Crippen molar-refractivity contribution in [3.05, 3.63) is 0 Å². The highest BCUT2D eigenvalue weighted by Crippen LogP contribution is 2.13. The molecule has 0 saturated heterocycles. The van der Waals surface area contributed by atoms with E-state index in [1.165, 1.54) is 6.92 Å². The number of Topliss-reactive ketones (excluding diaryl/α,β-unsaturated/α-hetero) is 2. The molecule has 0 aromatic heterocycles. The van der Waals surface area contributed by atoms with Gasteiger partial charge in [0.25, 0.3) is 0 Å². The van der Waals surface area contributed by atoms with Gasteiger partial charge in [-0.3, -0.25) is 14.4 Å². The van der Waals surface area contributed by atoms with E-state index in [0.29, 0.717) is 6.61 Å². The summed E-state index contributed by atoms with van der Waals surface area (Å²) < 4.78 is 5.06. The van der Waals surface area contributed by atoms with E-state index in [-0.39, 0.29) is 50.3 Å². The van der Waals surface area contributed by atoms with E-state index in [0.717, 1.165) is 6.42 Å². The third-order valence-corrected chi connectivity index (χ3v) is 3.57. The number of amides is 1. The lowest BCUT2D eigenvalue weighted by molar-refractivity contribution is -0.145. The van der Waals surface area contributed by atoms with Crippen LogP contribution in [0, 0.1) is 5.92 Å². The van der Waals surface area contributed by atoms with Gasteiger partial charge in [-0.1, -0.05) is 6.92 Å². The first kappa shape index (κ1) is 23.7. The first-order valence-corrected chi connectivity index (χ1v) is 8.51. The van der Waals surface area contributed by atoms with E-state index < -0.39 is 29.8 Å². The quantitative estimate of drug-likeness (QED) is 0.357. The van der Waals surface area contributed by atoms with Gasteiger partial charge in [-0.2, -0.15) is 0 Å². The van der Waals surface area contributed by atoms with Crippen molar-refractivity contribution >= 4 is 29.4 Å². The Kier molecular flexibility index (Phi) is 11.8. The van der Waals surface area contributed by atoms with Gasteiger partial charge in [-0.15, -0.1) is 0 Å². The number of hydrogen-bond acceptors (Lipinski definition) is 6. The Morgan fingerprint density at radius 1 is 1.00 bits per heavy atom. The smallest absolute Gasteiger partial charge is 0.326 e. The van der Waals surface area contributed by atoms with Crippen LogP contribution in [0.25, 0.3) is 0 Å². The van der Waals surface area contributed by atoms with Gasteiger partial charge in [0.05, 0.1) is 5.92 Å². The first-order chi connectivity index (χ1) is 12.2. The van der Waals surface area contributed by atoms with Crippen molar-refractivity contribution in [1.82, 2.24) is 5.32 Å². The molecule has 0 rings (SSSR count). The van der Waals surface area contributed by atoms with Crippen LogP contribution in [0.5, 0.6) is 0 Å². The second-order valence-corrected chi connectivity index (χ2v) is 6.07. The molecule has 0 heterocycles. The minimum Gasteiger partial charge on any atom is -0.481 e. The average Bonchev–Trinajstić information content (AvgIpc) is 2.54. The van der Waals surface area contributed by atoms with E-state index in [1.54, 1.807) is 0 Å². The molecule has 0 aliphatic heterocycles. The summed E-state index contributed by atoms with van der Waals surface area (Å²) in [7, 11) is 0. The van der Waals surface area contributed by atoms with Gasteiger partial charge in [-0.25, -0.2) is 4.79 Å². The third-order valence-electron chi connectivity index (χ3n) is 3.57. The number of ketones is 2. The lowest BCUT2D eigenvalue weighted by Gasteiger charge is -2.15. The van der Waals surface area contributed by atoms with Crippen molar-refractivity contribution in [2.24, 2.45) is 5.92 Å². The van der Waals surface area contributed by atoms with Crippen LogP contribution >= 0.6 is 0 Å². The van der Waals surface area contributed by atoms with Crippen molar-refractivity contribution in [2.45, 2.75) is 58.4 Å². The lowest BCUT2D eigenvalue weighted by Crippen LogP contribution is -2.41. The number of carboxylic acid groups (broad SMARTS) is 2. The molecule has 0 aromatic rings. The van der Waals surface area contributed by atoms with E-state index in [9.17, 15) is 24.0 Å². The molecule has 9 heteroatoms. The number of carbonyl (C=O) groups is 5. The zero-order valence-corrected chi connectivity index (χ0v) is 15.2. The maximum atomic E-state index is 11.9. The topological polar surface area (TPSA) is 147 Å².